The van der Waals surface area contributed by atoms with Crippen LogP contribution < -0.4 is 11.1 Å². The second kappa shape index (κ2) is 4.44. The Morgan fingerprint density at radius 2 is 2.06 bits per heavy atom. The van der Waals surface area contributed by atoms with E-state index in [-0.39, 0.29) is 0 Å². The van der Waals surface area contributed by atoms with Crippen LogP contribution in [0.2, 0.25) is 0 Å². The van der Waals surface area contributed by atoms with E-state index in [9.17, 15) is 0 Å². The van der Waals surface area contributed by atoms with E-state index in [1.165, 1.54) is 19.3 Å². The molecule has 18 heavy (non-hydrogen) atoms. The lowest BCUT2D eigenvalue weighted by molar-refractivity contribution is 0.555. The van der Waals surface area contributed by atoms with Crippen molar-refractivity contribution < 1.29 is 0 Å². The van der Waals surface area contributed by atoms with Crippen molar-refractivity contribution in [2.75, 3.05) is 11.1 Å². The number of anilines is 2. The molecule has 0 bridgehead atoms. The zero-order chi connectivity index (χ0) is 12.5. The molecule has 2 aromatic rings. The first-order valence-electron chi connectivity index (χ1n) is 6.53. The van der Waals surface area contributed by atoms with Crippen LogP contribution in [0.5, 0.6) is 0 Å². The largest absolute Gasteiger partial charge is 0.368 e. The fraction of sp³-hybridized carbons (Fsp3) is 0.429. The molecule has 0 amide bonds. The Morgan fingerprint density at radius 3 is 2.83 bits per heavy atom. The number of benzene rings is 1. The lowest BCUT2D eigenvalue weighted by atomic mass is 10.1. The monoisotopic (exact) mass is 242 g/mol. The Bertz CT molecular complexity index is 567. The molecule has 0 aliphatic heterocycles. The lowest BCUT2D eigenvalue weighted by Crippen LogP contribution is -2.23. The maximum absolute atomic E-state index is 5.77. The molecule has 0 saturated heterocycles. The fourth-order valence-electron chi connectivity index (χ4n) is 2.74. The zero-order valence-corrected chi connectivity index (χ0v) is 10.6. The van der Waals surface area contributed by atoms with Crippen LogP contribution in [0.1, 0.15) is 26.2 Å². The highest BCUT2D eigenvalue weighted by atomic mass is 15.1. The van der Waals surface area contributed by atoms with E-state index >= 15 is 0 Å². The minimum atomic E-state index is 0.335. The van der Waals surface area contributed by atoms with Crippen molar-refractivity contribution in [3.8, 4) is 0 Å². The average Bonchev–Trinajstić information content (AvgIpc) is 2.75. The van der Waals surface area contributed by atoms with Crippen LogP contribution in [-0.4, -0.2) is 16.0 Å². The first-order chi connectivity index (χ1) is 8.74. The highest BCUT2D eigenvalue weighted by Gasteiger charge is 2.24. The van der Waals surface area contributed by atoms with Crippen LogP contribution in [0.4, 0.5) is 11.8 Å². The molecular formula is C14H18N4. The summed E-state index contributed by atoms with van der Waals surface area (Å²) in [4.78, 5) is 8.61. The molecule has 0 radical (unpaired) electrons. The molecule has 1 fully saturated rings. The molecular weight excluding hydrogens is 224 g/mol. The Kier molecular flexibility index (Phi) is 2.78. The van der Waals surface area contributed by atoms with Gasteiger partial charge in [0, 0.05) is 11.4 Å². The number of para-hydroxylation sites is 1. The second-order valence-corrected chi connectivity index (χ2v) is 5.11. The average molecular weight is 242 g/mol. The molecule has 1 aliphatic carbocycles. The smallest absolute Gasteiger partial charge is 0.222 e. The molecule has 2 atom stereocenters. The summed E-state index contributed by atoms with van der Waals surface area (Å²) in [6, 6.07) is 8.48. The summed E-state index contributed by atoms with van der Waals surface area (Å²) < 4.78 is 0. The van der Waals surface area contributed by atoms with Crippen LogP contribution in [-0.2, 0) is 0 Å². The highest BCUT2D eigenvalue weighted by Crippen LogP contribution is 2.29. The third-order valence-corrected chi connectivity index (χ3v) is 3.80. The summed E-state index contributed by atoms with van der Waals surface area (Å²) in [6.45, 7) is 2.29. The molecule has 2 unspecified atom stereocenters. The molecule has 1 saturated carbocycles. The van der Waals surface area contributed by atoms with Gasteiger partial charge >= 0.3 is 0 Å². The number of hydrogen-bond donors (Lipinski definition) is 2. The van der Waals surface area contributed by atoms with Gasteiger partial charge in [0.2, 0.25) is 5.95 Å². The van der Waals surface area contributed by atoms with Crippen molar-refractivity contribution in [1.82, 2.24) is 9.97 Å². The van der Waals surface area contributed by atoms with E-state index in [1.54, 1.807) is 0 Å². The summed E-state index contributed by atoms with van der Waals surface area (Å²) in [7, 11) is 0. The van der Waals surface area contributed by atoms with Gasteiger partial charge in [-0.2, -0.15) is 4.98 Å². The molecule has 0 spiro atoms. The molecule has 1 aromatic heterocycles. The number of rotatable bonds is 2. The van der Waals surface area contributed by atoms with Crippen molar-refractivity contribution in [3.05, 3.63) is 24.3 Å². The van der Waals surface area contributed by atoms with Gasteiger partial charge in [0.1, 0.15) is 5.82 Å². The first-order valence-corrected chi connectivity index (χ1v) is 6.53. The summed E-state index contributed by atoms with van der Waals surface area (Å²) in [5.74, 6) is 1.90. The maximum Gasteiger partial charge on any atom is 0.222 e. The quantitative estimate of drug-likeness (QED) is 0.850. The van der Waals surface area contributed by atoms with Gasteiger partial charge < -0.3 is 11.1 Å². The minimum absolute atomic E-state index is 0.335. The number of fused-ring (bicyclic) bond motifs is 1. The summed E-state index contributed by atoms with van der Waals surface area (Å²) in [5.41, 5.74) is 6.67. The van der Waals surface area contributed by atoms with Crippen LogP contribution in [0.25, 0.3) is 10.9 Å². The predicted octanol–water partition coefficient (Wildman–Crippen LogP) is 2.81. The third kappa shape index (κ3) is 1.98. The normalized spacial score (nSPS) is 23.4. The zero-order valence-electron chi connectivity index (χ0n) is 10.6. The number of nitrogens with one attached hydrogen (secondary N) is 1. The molecule has 1 aromatic carbocycles. The van der Waals surface area contributed by atoms with Crippen LogP contribution >= 0.6 is 0 Å². The van der Waals surface area contributed by atoms with Crippen molar-refractivity contribution in [2.24, 2.45) is 5.92 Å². The maximum atomic E-state index is 5.77. The van der Waals surface area contributed by atoms with Gasteiger partial charge in [0.05, 0.1) is 5.52 Å². The van der Waals surface area contributed by atoms with Gasteiger partial charge in [-0.05, 0) is 30.9 Å². The van der Waals surface area contributed by atoms with Gasteiger partial charge in [-0.3, -0.25) is 0 Å². The molecule has 4 nitrogen and oxygen atoms in total. The van der Waals surface area contributed by atoms with E-state index < -0.39 is 0 Å². The minimum Gasteiger partial charge on any atom is -0.368 e. The number of hydrogen-bond acceptors (Lipinski definition) is 4. The highest BCUT2D eigenvalue weighted by molar-refractivity contribution is 5.89. The second-order valence-electron chi connectivity index (χ2n) is 5.11. The molecule has 3 N–H and O–H groups in total. The van der Waals surface area contributed by atoms with Crippen molar-refractivity contribution in [3.63, 3.8) is 0 Å². The van der Waals surface area contributed by atoms with Gasteiger partial charge in [0.15, 0.2) is 0 Å². The number of nitrogen functional groups attached to an aromatic ring is 1. The number of nitrogens with zero attached hydrogens (tertiary/aromatic N) is 2. The number of aromatic nitrogens is 2. The Morgan fingerprint density at radius 1 is 1.22 bits per heavy atom. The van der Waals surface area contributed by atoms with Crippen molar-refractivity contribution in [1.29, 1.82) is 0 Å². The standard InChI is InChI=1S/C14H18N4/c1-9-5-4-8-11(9)16-13-10-6-2-3-7-12(10)17-14(15)18-13/h2-3,6-7,9,11H,4-5,8H2,1H3,(H3,15,16,17,18). The van der Waals surface area contributed by atoms with Gasteiger partial charge in [-0.1, -0.05) is 25.5 Å². The van der Waals surface area contributed by atoms with E-state index in [4.69, 9.17) is 5.73 Å². The Hall–Kier alpha value is -1.84. The summed E-state index contributed by atoms with van der Waals surface area (Å²) in [6.07, 6.45) is 3.78. The molecule has 1 aliphatic rings. The lowest BCUT2D eigenvalue weighted by Gasteiger charge is -2.19. The fourth-order valence-corrected chi connectivity index (χ4v) is 2.74. The third-order valence-electron chi connectivity index (χ3n) is 3.80. The van der Waals surface area contributed by atoms with Gasteiger partial charge in [-0.25, -0.2) is 4.98 Å². The van der Waals surface area contributed by atoms with E-state index in [0.717, 1.165) is 16.7 Å². The van der Waals surface area contributed by atoms with Crippen LogP contribution in [0.15, 0.2) is 24.3 Å². The van der Waals surface area contributed by atoms with E-state index in [2.05, 4.69) is 22.2 Å². The molecule has 4 heteroatoms. The molecule has 3 rings (SSSR count). The topological polar surface area (TPSA) is 63.8 Å². The first kappa shape index (κ1) is 11.3. The van der Waals surface area contributed by atoms with Crippen LogP contribution in [0.3, 0.4) is 0 Å². The van der Waals surface area contributed by atoms with Crippen molar-refractivity contribution in [2.45, 2.75) is 32.2 Å². The Balaban J connectivity index is 2.00. The van der Waals surface area contributed by atoms with E-state index in [0.29, 0.717) is 17.9 Å². The van der Waals surface area contributed by atoms with E-state index in [1.807, 2.05) is 24.3 Å². The summed E-state index contributed by atoms with van der Waals surface area (Å²) in [5, 5.41) is 4.59. The Labute approximate surface area is 107 Å². The van der Waals surface area contributed by atoms with Crippen molar-refractivity contribution >= 4 is 22.7 Å². The SMILES string of the molecule is CC1CCCC1Nc1nc(N)nc2ccccc12. The van der Waals surface area contributed by atoms with Gasteiger partial charge in [0.25, 0.3) is 0 Å². The number of nitrogens with two attached hydrogens (primary N) is 1. The predicted molar refractivity (Wildman–Crippen MR) is 74.4 cm³/mol. The van der Waals surface area contributed by atoms with Gasteiger partial charge in [-0.15, -0.1) is 0 Å². The molecule has 1 heterocycles. The molecule has 94 valence electrons. The van der Waals surface area contributed by atoms with Crippen LogP contribution in [0, 0.1) is 5.92 Å². The summed E-state index contributed by atoms with van der Waals surface area (Å²) >= 11 is 0.